The van der Waals surface area contributed by atoms with Gasteiger partial charge in [0.15, 0.2) is 0 Å². The fourth-order valence-electron chi connectivity index (χ4n) is 1.78. The van der Waals surface area contributed by atoms with Gasteiger partial charge in [-0.2, -0.15) is 0 Å². The van der Waals surface area contributed by atoms with Gasteiger partial charge in [-0.1, -0.05) is 48.5 Å². The Bertz CT molecular complexity index is 396. The van der Waals surface area contributed by atoms with E-state index in [9.17, 15) is 0 Å². The first-order chi connectivity index (χ1) is 9.45. The lowest BCUT2D eigenvalue weighted by molar-refractivity contribution is 0.113. The van der Waals surface area contributed by atoms with E-state index in [2.05, 4.69) is 12.1 Å². The smallest absolute Gasteiger partial charge is 0.119 e. The maximum atomic E-state index is 5.62. The summed E-state index contributed by atoms with van der Waals surface area (Å²) in [6, 6.07) is 20.2. The van der Waals surface area contributed by atoms with Gasteiger partial charge >= 0.3 is 0 Å². The summed E-state index contributed by atoms with van der Waals surface area (Å²) in [5.74, 6) is 0.938. The van der Waals surface area contributed by atoms with Crippen molar-refractivity contribution in [2.45, 2.75) is 19.4 Å². The van der Waals surface area contributed by atoms with Gasteiger partial charge in [-0.25, -0.2) is 0 Å². The summed E-state index contributed by atoms with van der Waals surface area (Å²) in [5, 5.41) is 0. The summed E-state index contributed by atoms with van der Waals surface area (Å²) in [7, 11) is 0. The Morgan fingerprint density at radius 2 is 1.32 bits per heavy atom. The van der Waals surface area contributed by atoms with Crippen molar-refractivity contribution >= 4 is 0 Å². The van der Waals surface area contributed by atoms with Crippen LogP contribution in [0.5, 0.6) is 5.75 Å². The van der Waals surface area contributed by atoms with Gasteiger partial charge in [-0.3, -0.25) is 0 Å². The van der Waals surface area contributed by atoms with Crippen LogP contribution in [0.4, 0.5) is 0 Å². The van der Waals surface area contributed by atoms with Crippen LogP contribution in [0.15, 0.2) is 60.7 Å². The number of ether oxygens (including phenoxy) is 2. The van der Waals surface area contributed by atoms with E-state index in [-0.39, 0.29) is 0 Å². The molecule has 2 rings (SSSR count). The second-order valence-electron chi connectivity index (χ2n) is 4.41. The molecule has 0 aliphatic heterocycles. The van der Waals surface area contributed by atoms with Crippen LogP contribution in [0.3, 0.4) is 0 Å². The van der Waals surface area contributed by atoms with E-state index in [0.29, 0.717) is 6.61 Å². The van der Waals surface area contributed by atoms with Gasteiger partial charge in [0, 0.05) is 6.61 Å². The zero-order valence-electron chi connectivity index (χ0n) is 11.1. The van der Waals surface area contributed by atoms with Crippen molar-refractivity contribution in [3.05, 3.63) is 66.2 Å². The minimum absolute atomic E-state index is 0.695. The molecule has 0 bridgehead atoms. The van der Waals surface area contributed by atoms with Gasteiger partial charge in [-0.15, -0.1) is 0 Å². The monoisotopic (exact) mass is 256 g/mol. The van der Waals surface area contributed by atoms with Crippen molar-refractivity contribution in [1.82, 2.24) is 0 Å². The highest BCUT2D eigenvalue weighted by molar-refractivity contribution is 5.20. The van der Waals surface area contributed by atoms with E-state index in [4.69, 9.17) is 9.47 Å². The number of unbranched alkanes of at least 4 members (excludes halogenated alkanes) is 1. The molecule has 19 heavy (non-hydrogen) atoms. The molecule has 0 aliphatic carbocycles. The van der Waals surface area contributed by atoms with E-state index in [1.54, 1.807) is 0 Å². The lowest BCUT2D eigenvalue weighted by Gasteiger charge is -2.06. The molecular weight excluding hydrogens is 236 g/mol. The largest absolute Gasteiger partial charge is 0.494 e. The average molecular weight is 256 g/mol. The average Bonchev–Trinajstić information content (AvgIpc) is 2.48. The minimum atomic E-state index is 0.695. The summed E-state index contributed by atoms with van der Waals surface area (Å²) in [4.78, 5) is 0. The normalized spacial score (nSPS) is 10.3. The Balaban J connectivity index is 1.49. The fourth-order valence-corrected chi connectivity index (χ4v) is 1.78. The van der Waals surface area contributed by atoms with Crippen molar-refractivity contribution in [3.63, 3.8) is 0 Å². The molecule has 2 heteroatoms. The minimum Gasteiger partial charge on any atom is -0.494 e. The predicted octanol–water partition coefficient (Wildman–Crippen LogP) is 4.06. The molecule has 0 saturated carbocycles. The lowest BCUT2D eigenvalue weighted by Crippen LogP contribution is -2.01. The van der Waals surface area contributed by atoms with E-state index >= 15 is 0 Å². The second-order valence-corrected chi connectivity index (χ2v) is 4.41. The van der Waals surface area contributed by atoms with Crippen molar-refractivity contribution in [2.75, 3.05) is 13.2 Å². The summed E-state index contributed by atoms with van der Waals surface area (Å²) in [5.41, 5.74) is 1.23. The van der Waals surface area contributed by atoms with E-state index in [0.717, 1.165) is 31.8 Å². The summed E-state index contributed by atoms with van der Waals surface area (Å²) in [6.45, 7) is 2.23. The Hall–Kier alpha value is -1.80. The van der Waals surface area contributed by atoms with Gasteiger partial charge in [0.2, 0.25) is 0 Å². The van der Waals surface area contributed by atoms with Gasteiger partial charge < -0.3 is 9.47 Å². The fraction of sp³-hybridized carbons (Fsp3) is 0.294. The molecule has 0 aromatic heterocycles. The van der Waals surface area contributed by atoms with Crippen LogP contribution in [0.1, 0.15) is 18.4 Å². The molecule has 0 spiro atoms. The molecule has 0 unspecified atom stereocenters. The first-order valence-corrected chi connectivity index (χ1v) is 6.75. The molecule has 0 heterocycles. The molecule has 0 N–H and O–H groups in total. The maximum Gasteiger partial charge on any atom is 0.119 e. The molecule has 0 saturated heterocycles. The lowest BCUT2D eigenvalue weighted by atomic mass is 10.2. The molecule has 0 aliphatic rings. The van der Waals surface area contributed by atoms with Crippen LogP contribution in [0.25, 0.3) is 0 Å². The van der Waals surface area contributed by atoms with Crippen LogP contribution in [-0.2, 0) is 11.3 Å². The van der Waals surface area contributed by atoms with Crippen LogP contribution >= 0.6 is 0 Å². The third-order valence-corrected chi connectivity index (χ3v) is 2.81. The van der Waals surface area contributed by atoms with E-state index in [1.165, 1.54) is 5.56 Å². The molecule has 0 amide bonds. The van der Waals surface area contributed by atoms with Crippen molar-refractivity contribution < 1.29 is 9.47 Å². The molecule has 2 aromatic carbocycles. The Kier molecular flexibility index (Phi) is 5.97. The molecule has 0 radical (unpaired) electrons. The van der Waals surface area contributed by atoms with Crippen molar-refractivity contribution in [3.8, 4) is 5.75 Å². The van der Waals surface area contributed by atoms with Crippen LogP contribution in [0.2, 0.25) is 0 Å². The topological polar surface area (TPSA) is 18.5 Å². The molecule has 0 atom stereocenters. The molecule has 100 valence electrons. The number of hydrogen-bond donors (Lipinski definition) is 0. The van der Waals surface area contributed by atoms with E-state index in [1.807, 2.05) is 48.5 Å². The Labute approximate surface area is 115 Å². The summed E-state index contributed by atoms with van der Waals surface area (Å²) in [6.07, 6.45) is 2.04. The van der Waals surface area contributed by atoms with E-state index < -0.39 is 0 Å². The quantitative estimate of drug-likeness (QED) is 0.663. The zero-order chi connectivity index (χ0) is 13.2. The summed E-state index contributed by atoms with van der Waals surface area (Å²) < 4.78 is 11.2. The highest BCUT2D eigenvalue weighted by atomic mass is 16.5. The second kappa shape index (κ2) is 8.33. The number of rotatable bonds is 8. The Morgan fingerprint density at radius 1 is 0.684 bits per heavy atom. The number of benzene rings is 2. The Morgan fingerprint density at radius 3 is 2.05 bits per heavy atom. The SMILES string of the molecule is c1ccc(COCCCCOc2ccccc2)cc1. The molecule has 2 aromatic rings. The van der Waals surface area contributed by atoms with Gasteiger partial charge in [0.1, 0.15) is 5.75 Å². The highest BCUT2D eigenvalue weighted by Gasteiger charge is 1.94. The van der Waals surface area contributed by atoms with Crippen LogP contribution < -0.4 is 4.74 Å². The highest BCUT2D eigenvalue weighted by Crippen LogP contribution is 2.09. The zero-order valence-corrected chi connectivity index (χ0v) is 11.1. The third kappa shape index (κ3) is 5.58. The first kappa shape index (κ1) is 13.6. The maximum absolute atomic E-state index is 5.62. The van der Waals surface area contributed by atoms with Crippen molar-refractivity contribution in [2.24, 2.45) is 0 Å². The number of para-hydroxylation sites is 1. The van der Waals surface area contributed by atoms with Gasteiger partial charge in [0.25, 0.3) is 0 Å². The van der Waals surface area contributed by atoms with Crippen LogP contribution in [-0.4, -0.2) is 13.2 Å². The number of hydrogen-bond acceptors (Lipinski definition) is 2. The first-order valence-electron chi connectivity index (χ1n) is 6.75. The summed E-state index contributed by atoms with van der Waals surface area (Å²) >= 11 is 0. The third-order valence-electron chi connectivity index (χ3n) is 2.81. The molecular formula is C17H20O2. The predicted molar refractivity (Wildman–Crippen MR) is 77.3 cm³/mol. The standard InChI is InChI=1S/C17H20O2/c1-3-9-16(10-4-1)15-18-13-7-8-14-19-17-11-5-2-6-12-17/h1-6,9-12H,7-8,13-15H2. The molecule has 2 nitrogen and oxygen atoms in total. The van der Waals surface area contributed by atoms with Crippen molar-refractivity contribution in [1.29, 1.82) is 0 Å². The van der Waals surface area contributed by atoms with Crippen LogP contribution in [0, 0.1) is 0 Å². The molecule has 0 fully saturated rings. The van der Waals surface area contributed by atoms with Gasteiger partial charge in [-0.05, 0) is 30.5 Å². The van der Waals surface area contributed by atoms with Gasteiger partial charge in [0.05, 0.1) is 13.2 Å².